The minimum atomic E-state index is -3.57. The highest BCUT2D eigenvalue weighted by atomic mass is 32.2. The molecule has 2 heterocycles. The minimum absolute atomic E-state index is 0.310. The van der Waals surface area contributed by atoms with Gasteiger partial charge in [-0.25, -0.2) is 13.4 Å². The highest BCUT2D eigenvalue weighted by Gasteiger charge is 2.18. The van der Waals surface area contributed by atoms with Crippen LogP contribution in [0, 0.1) is 13.8 Å². The lowest BCUT2D eigenvalue weighted by Crippen LogP contribution is -2.15. The van der Waals surface area contributed by atoms with Gasteiger partial charge in [0.05, 0.1) is 0 Å². The van der Waals surface area contributed by atoms with Crippen molar-refractivity contribution in [3.63, 3.8) is 0 Å². The lowest BCUT2D eigenvalue weighted by atomic mass is 10.3. The van der Waals surface area contributed by atoms with E-state index in [-0.39, 0.29) is 0 Å². The maximum absolute atomic E-state index is 12.3. The van der Waals surface area contributed by atoms with Crippen molar-refractivity contribution in [2.75, 3.05) is 23.7 Å². The Morgan fingerprint density at radius 2 is 1.95 bits per heavy atom. The molecule has 20 heavy (non-hydrogen) atoms. The van der Waals surface area contributed by atoms with Crippen molar-refractivity contribution < 1.29 is 8.42 Å². The molecule has 2 rings (SSSR count). The topological polar surface area (TPSA) is 62.3 Å². The normalized spacial score (nSPS) is 11.4. The van der Waals surface area contributed by atoms with Gasteiger partial charge in [0.25, 0.3) is 10.0 Å². The van der Waals surface area contributed by atoms with E-state index in [2.05, 4.69) is 9.71 Å². The summed E-state index contributed by atoms with van der Waals surface area (Å²) >= 11 is 1.26. The molecule has 2 aromatic heterocycles. The average molecular weight is 311 g/mol. The number of nitrogens with one attached hydrogen (secondary N) is 1. The number of hydrogen-bond acceptors (Lipinski definition) is 5. The molecule has 108 valence electrons. The number of hydrogen-bond donors (Lipinski definition) is 1. The van der Waals surface area contributed by atoms with E-state index in [1.54, 1.807) is 18.2 Å². The third kappa shape index (κ3) is 3.10. The molecule has 0 amide bonds. The SMILES string of the molecule is Cc1cc(S(=O)(=O)Nc2cccc(N(C)C)n2)sc1C. The van der Waals surface area contributed by atoms with Crippen LogP contribution in [0.15, 0.2) is 28.5 Å². The molecule has 0 saturated heterocycles. The number of pyridine rings is 1. The Morgan fingerprint density at radius 1 is 1.25 bits per heavy atom. The Labute approximate surface area is 123 Å². The van der Waals surface area contributed by atoms with E-state index in [1.165, 1.54) is 11.3 Å². The van der Waals surface area contributed by atoms with Gasteiger partial charge in [0.15, 0.2) is 0 Å². The number of rotatable bonds is 4. The fraction of sp³-hybridized carbons (Fsp3) is 0.308. The highest BCUT2D eigenvalue weighted by Crippen LogP contribution is 2.26. The first kappa shape index (κ1) is 14.8. The fourth-order valence-corrected chi connectivity index (χ4v) is 4.11. The van der Waals surface area contributed by atoms with E-state index in [1.807, 2.05) is 38.9 Å². The molecule has 0 aromatic carbocycles. The number of aromatic nitrogens is 1. The maximum atomic E-state index is 12.3. The number of nitrogens with zero attached hydrogens (tertiary/aromatic N) is 2. The second-order valence-corrected chi connectivity index (χ2v) is 7.85. The van der Waals surface area contributed by atoms with E-state index in [0.29, 0.717) is 15.8 Å². The summed E-state index contributed by atoms with van der Waals surface area (Å²) in [5.74, 6) is 1.02. The van der Waals surface area contributed by atoms with Crippen LogP contribution in [-0.2, 0) is 10.0 Å². The van der Waals surface area contributed by atoms with Crippen LogP contribution in [0.5, 0.6) is 0 Å². The molecule has 0 saturated carbocycles. The smallest absolute Gasteiger partial charge is 0.272 e. The van der Waals surface area contributed by atoms with Crippen LogP contribution in [0.1, 0.15) is 10.4 Å². The zero-order valence-corrected chi connectivity index (χ0v) is 13.5. The molecule has 0 unspecified atom stereocenters. The first-order valence-electron chi connectivity index (χ1n) is 6.04. The van der Waals surface area contributed by atoms with Gasteiger partial charge in [-0.15, -0.1) is 11.3 Å². The van der Waals surface area contributed by atoms with Crippen LogP contribution < -0.4 is 9.62 Å². The predicted octanol–water partition coefficient (Wildman–Crippen LogP) is 2.63. The first-order valence-corrected chi connectivity index (χ1v) is 8.34. The number of anilines is 2. The molecule has 0 aliphatic heterocycles. The van der Waals surface area contributed by atoms with Crippen molar-refractivity contribution in [3.8, 4) is 0 Å². The van der Waals surface area contributed by atoms with Gasteiger partial charge in [-0.2, -0.15) is 0 Å². The molecule has 0 spiro atoms. The molecule has 0 aliphatic carbocycles. The van der Waals surface area contributed by atoms with Crippen molar-refractivity contribution in [2.45, 2.75) is 18.1 Å². The zero-order valence-electron chi connectivity index (χ0n) is 11.8. The molecule has 0 radical (unpaired) electrons. The number of aryl methyl sites for hydroxylation is 2. The van der Waals surface area contributed by atoms with E-state index in [0.717, 1.165) is 10.4 Å². The van der Waals surface area contributed by atoms with Gasteiger partial charge in [0, 0.05) is 19.0 Å². The number of thiophene rings is 1. The summed E-state index contributed by atoms with van der Waals surface area (Å²) in [6, 6.07) is 6.90. The van der Waals surface area contributed by atoms with Crippen molar-refractivity contribution in [1.29, 1.82) is 0 Å². The molecule has 0 atom stereocenters. The summed E-state index contributed by atoms with van der Waals surface area (Å²) in [6.45, 7) is 3.81. The summed E-state index contributed by atoms with van der Waals surface area (Å²) in [5.41, 5.74) is 0.977. The summed E-state index contributed by atoms with van der Waals surface area (Å²) in [5, 5.41) is 0. The number of sulfonamides is 1. The highest BCUT2D eigenvalue weighted by molar-refractivity contribution is 7.94. The van der Waals surface area contributed by atoms with Crippen LogP contribution in [0.2, 0.25) is 0 Å². The van der Waals surface area contributed by atoms with Crippen molar-refractivity contribution >= 4 is 33.0 Å². The van der Waals surface area contributed by atoms with Crippen LogP contribution in [0.3, 0.4) is 0 Å². The van der Waals surface area contributed by atoms with E-state index < -0.39 is 10.0 Å². The van der Waals surface area contributed by atoms with Crippen LogP contribution in [0.4, 0.5) is 11.6 Å². The molecule has 0 bridgehead atoms. The van der Waals surface area contributed by atoms with Crippen LogP contribution in [-0.4, -0.2) is 27.5 Å². The van der Waals surface area contributed by atoms with Gasteiger partial charge in [0.2, 0.25) is 0 Å². The van der Waals surface area contributed by atoms with Gasteiger partial charge in [-0.3, -0.25) is 4.72 Å². The predicted molar refractivity (Wildman–Crippen MR) is 83.2 cm³/mol. The Morgan fingerprint density at radius 3 is 2.50 bits per heavy atom. The molecular weight excluding hydrogens is 294 g/mol. The third-order valence-electron chi connectivity index (χ3n) is 2.84. The zero-order chi connectivity index (χ0) is 14.9. The van der Waals surface area contributed by atoms with E-state index >= 15 is 0 Å². The Balaban J connectivity index is 2.31. The fourth-order valence-electron chi connectivity index (χ4n) is 1.59. The molecule has 0 aliphatic rings. The largest absolute Gasteiger partial charge is 0.363 e. The molecule has 2 aromatic rings. The Kier molecular flexibility index (Phi) is 4.01. The lowest BCUT2D eigenvalue weighted by molar-refractivity contribution is 0.603. The van der Waals surface area contributed by atoms with Gasteiger partial charge in [-0.05, 0) is 37.6 Å². The quantitative estimate of drug-likeness (QED) is 0.943. The summed E-state index contributed by atoms with van der Waals surface area (Å²) in [4.78, 5) is 7.07. The molecule has 0 fully saturated rings. The van der Waals surface area contributed by atoms with Crippen LogP contribution in [0.25, 0.3) is 0 Å². The van der Waals surface area contributed by atoms with Gasteiger partial charge >= 0.3 is 0 Å². The summed E-state index contributed by atoms with van der Waals surface area (Å²) < 4.78 is 27.4. The van der Waals surface area contributed by atoms with Gasteiger partial charge in [0.1, 0.15) is 15.8 Å². The minimum Gasteiger partial charge on any atom is -0.363 e. The second-order valence-electron chi connectivity index (χ2n) is 4.69. The van der Waals surface area contributed by atoms with Gasteiger partial charge in [-0.1, -0.05) is 6.07 Å². The van der Waals surface area contributed by atoms with Crippen molar-refractivity contribution in [1.82, 2.24) is 4.98 Å². The first-order chi connectivity index (χ1) is 9.29. The lowest BCUT2D eigenvalue weighted by Gasteiger charge is -2.12. The van der Waals surface area contributed by atoms with Gasteiger partial charge < -0.3 is 4.90 Å². The van der Waals surface area contributed by atoms with E-state index in [4.69, 9.17) is 0 Å². The standard InChI is InChI=1S/C13H17N3O2S2/c1-9-8-13(19-10(9)2)20(17,18)15-11-6-5-7-12(14-11)16(3)4/h5-8H,1-4H3,(H,14,15). The van der Waals surface area contributed by atoms with Crippen molar-refractivity contribution in [3.05, 3.63) is 34.7 Å². The van der Waals surface area contributed by atoms with Crippen molar-refractivity contribution in [2.24, 2.45) is 0 Å². The molecule has 7 heteroatoms. The Bertz CT molecular complexity index is 701. The monoisotopic (exact) mass is 311 g/mol. The van der Waals surface area contributed by atoms with E-state index in [9.17, 15) is 8.42 Å². The third-order valence-corrected chi connectivity index (χ3v) is 5.82. The second kappa shape index (κ2) is 5.41. The Hall–Kier alpha value is -1.60. The van der Waals surface area contributed by atoms with Crippen LogP contribution >= 0.6 is 11.3 Å². The average Bonchev–Trinajstić information content (AvgIpc) is 2.70. The maximum Gasteiger partial charge on any atom is 0.272 e. The molecule has 5 nitrogen and oxygen atoms in total. The molecule has 1 N–H and O–H groups in total. The molecular formula is C13H17N3O2S2. The summed E-state index contributed by atoms with van der Waals surface area (Å²) in [7, 11) is 0.138. The summed E-state index contributed by atoms with van der Waals surface area (Å²) in [6.07, 6.45) is 0.